The molecule has 1 aliphatic heterocycles. The van der Waals surface area contributed by atoms with Gasteiger partial charge in [0.25, 0.3) is 0 Å². The van der Waals surface area contributed by atoms with E-state index in [0.29, 0.717) is 29.1 Å². The monoisotopic (exact) mass is 411 g/mol. The summed E-state index contributed by atoms with van der Waals surface area (Å²) in [5.74, 6) is 0. The Labute approximate surface area is 130 Å². The van der Waals surface area contributed by atoms with Crippen molar-refractivity contribution in [2.75, 3.05) is 19.7 Å². The molecule has 4 nitrogen and oxygen atoms in total. The van der Waals surface area contributed by atoms with Crippen LogP contribution in [0.3, 0.4) is 0 Å². The van der Waals surface area contributed by atoms with Gasteiger partial charge >= 0.3 is 0 Å². The van der Waals surface area contributed by atoms with Crippen LogP contribution in [0, 0.1) is 6.92 Å². The maximum Gasteiger partial charge on any atom is 0.244 e. The topological polar surface area (TPSA) is 46.6 Å². The van der Waals surface area contributed by atoms with Crippen molar-refractivity contribution in [3.05, 3.63) is 26.6 Å². The maximum absolute atomic E-state index is 12.6. The zero-order valence-corrected chi connectivity index (χ0v) is 14.7. The SMILES string of the molecule is Cc1cc(Br)c(S(=O)(=O)N2CCOC(C)C2)cc1Br. The van der Waals surface area contributed by atoms with Crippen molar-refractivity contribution in [3.63, 3.8) is 0 Å². The Morgan fingerprint density at radius 3 is 2.63 bits per heavy atom. The molecular weight excluding hydrogens is 398 g/mol. The number of ether oxygens (including phenoxy) is 1. The lowest BCUT2D eigenvalue weighted by atomic mass is 10.2. The van der Waals surface area contributed by atoms with Crippen LogP contribution in [0.15, 0.2) is 26.0 Å². The van der Waals surface area contributed by atoms with E-state index in [0.717, 1.165) is 10.0 Å². The van der Waals surface area contributed by atoms with E-state index >= 15 is 0 Å². The second-order valence-corrected chi connectivity index (χ2v) is 8.19. The number of halogens is 2. The normalized spacial score (nSPS) is 21.6. The molecule has 0 aromatic heterocycles. The van der Waals surface area contributed by atoms with Gasteiger partial charge in [0.15, 0.2) is 0 Å². The summed E-state index contributed by atoms with van der Waals surface area (Å²) in [5, 5.41) is 0. The van der Waals surface area contributed by atoms with Gasteiger partial charge in [-0.05, 0) is 47.5 Å². The Balaban J connectivity index is 2.42. The number of morpholine rings is 1. The van der Waals surface area contributed by atoms with Gasteiger partial charge in [0.05, 0.1) is 17.6 Å². The lowest BCUT2D eigenvalue weighted by molar-refractivity contribution is 0.0102. The van der Waals surface area contributed by atoms with Crippen molar-refractivity contribution in [2.45, 2.75) is 24.8 Å². The molecular formula is C12H15Br2NO3S. The van der Waals surface area contributed by atoms with Crippen LogP contribution in [0.5, 0.6) is 0 Å². The molecule has 106 valence electrons. The van der Waals surface area contributed by atoms with Gasteiger partial charge in [-0.25, -0.2) is 8.42 Å². The quantitative estimate of drug-likeness (QED) is 0.750. The van der Waals surface area contributed by atoms with E-state index in [9.17, 15) is 8.42 Å². The van der Waals surface area contributed by atoms with Crippen LogP contribution in [-0.4, -0.2) is 38.5 Å². The second kappa shape index (κ2) is 5.81. The molecule has 7 heteroatoms. The molecule has 0 aliphatic carbocycles. The third kappa shape index (κ3) is 3.21. The Bertz CT molecular complexity index is 589. The summed E-state index contributed by atoms with van der Waals surface area (Å²) in [5.41, 5.74) is 0.987. The molecule has 0 N–H and O–H groups in total. The van der Waals surface area contributed by atoms with Crippen LogP contribution in [0.2, 0.25) is 0 Å². The van der Waals surface area contributed by atoms with Crippen molar-refractivity contribution < 1.29 is 13.2 Å². The van der Waals surface area contributed by atoms with Crippen molar-refractivity contribution in [3.8, 4) is 0 Å². The Kier molecular flexibility index (Phi) is 4.72. The van der Waals surface area contributed by atoms with E-state index in [1.54, 1.807) is 12.1 Å². The van der Waals surface area contributed by atoms with Gasteiger partial charge in [-0.1, -0.05) is 15.9 Å². The van der Waals surface area contributed by atoms with E-state index in [2.05, 4.69) is 31.9 Å². The molecule has 1 aromatic rings. The molecule has 0 bridgehead atoms. The minimum Gasteiger partial charge on any atom is -0.376 e. The number of hydrogen-bond acceptors (Lipinski definition) is 3. The molecule has 1 saturated heterocycles. The van der Waals surface area contributed by atoms with Crippen molar-refractivity contribution in [2.24, 2.45) is 0 Å². The van der Waals surface area contributed by atoms with Crippen molar-refractivity contribution >= 4 is 41.9 Å². The summed E-state index contributed by atoms with van der Waals surface area (Å²) in [7, 11) is -3.49. The molecule has 1 fully saturated rings. The molecule has 1 atom stereocenters. The number of benzene rings is 1. The van der Waals surface area contributed by atoms with Gasteiger partial charge in [-0.3, -0.25) is 0 Å². The summed E-state index contributed by atoms with van der Waals surface area (Å²) < 4.78 is 33.5. The standard InChI is InChI=1S/C12H15Br2NO3S/c1-8-5-11(14)12(6-10(8)13)19(16,17)15-3-4-18-9(2)7-15/h5-6,9H,3-4,7H2,1-2H3. The summed E-state index contributed by atoms with van der Waals surface area (Å²) in [6.07, 6.45) is -0.0730. The highest BCUT2D eigenvalue weighted by Crippen LogP contribution is 2.31. The minimum atomic E-state index is -3.49. The van der Waals surface area contributed by atoms with E-state index in [4.69, 9.17) is 4.74 Å². The number of sulfonamides is 1. The highest BCUT2D eigenvalue weighted by molar-refractivity contribution is 9.11. The fraction of sp³-hybridized carbons (Fsp3) is 0.500. The molecule has 0 radical (unpaired) electrons. The van der Waals surface area contributed by atoms with Crippen LogP contribution in [0.4, 0.5) is 0 Å². The molecule has 1 heterocycles. The van der Waals surface area contributed by atoms with E-state index in [1.165, 1.54) is 4.31 Å². The van der Waals surface area contributed by atoms with Crippen LogP contribution in [-0.2, 0) is 14.8 Å². The van der Waals surface area contributed by atoms with Gasteiger partial charge in [0.2, 0.25) is 10.0 Å². The van der Waals surface area contributed by atoms with Gasteiger partial charge in [-0.2, -0.15) is 4.31 Å². The van der Waals surface area contributed by atoms with Crippen LogP contribution < -0.4 is 0 Å². The molecule has 1 unspecified atom stereocenters. The maximum atomic E-state index is 12.6. The van der Waals surface area contributed by atoms with Crippen LogP contribution in [0.1, 0.15) is 12.5 Å². The fourth-order valence-corrected chi connectivity index (χ4v) is 5.11. The molecule has 0 spiro atoms. The average molecular weight is 413 g/mol. The molecule has 0 saturated carbocycles. The number of nitrogens with zero attached hydrogens (tertiary/aromatic N) is 1. The highest BCUT2D eigenvalue weighted by Gasteiger charge is 2.30. The zero-order chi connectivity index (χ0) is 14.2. The third-order valence-electron chi connectivity index (χ3n) is 3.03. The minimum absolute atomic E-state index is 0.0730. The summed E-state index contributed by atoms with van der Waals surface area (Å²) in [6, 6.07) is 3.45. The van der Waals surface area contributed by atoms with Crippen molar-refractivity contribution in [1.29, 1.82) is 0 Å². The van der Waals surface area contributed by atoms with Gasteiger partial charge in [-0.15, -0.1) is 0 Å². The highest BCUT2D eigenvalue weighted by atomic mass is 79.9. The third-order valence-corrected chi connectivity index (χ3v) is 6.71. The first kappa shape index (κ1) is 15.4. The van der Waals surface area contributed by atoms with E-state index in [1.807, 2.05) is 13.8 Å². The predicted molar refractivity (Wildman–Crippen MR) is 80.8 cm³/mol. The van der Waals surface area contributed by atoms with Gasteiger partial charge < -0.3 is 4.74 Å². The Morgan fingerprint density at radius 1 is 1.32 bits per heavy atom. The number of hydrogen-bond donors (Lipinski definition) is 0. The Hall–Kier alpha value is 0.0500. The molecule has 1 aromatic carbocycles. The summed E-state index contributed by atoms with van der Waals surface area (Å²) >= 11 is 6.72. The van der Waals surface area contributed by atoms with Crippen LogP contribution >= 0.6 is 31.9 Å². The average Bonchev–Trinajstić information content (AvgIpc) is 2.33. The summed E-state index contributed by atoms with van der Waals surface area (Å²) in [4.78, 5) is 0.291. The lowest BCUT2D eigenvalue weighted by Crippen LogP contribution is -2.44. The lowest BCUT2D eigenvalue weighted by Gasteiger charge is -2.30. The zero-order valence-electron chi connectivity index (χ0n) is 10.7. The van der Waals surface area contributed by atoms with Gasteiger partial charge in [0, 0.05) is 22.0 Å². The Morgan fingerprint density at radius 2 is 2.00 bits per heavy atom. The molecule has 1 aliphatic rings. The van der Waals surface area contributed by atoms with E-state index in [-0.39, 0.29) is 6.10 Å². The molecule has 19 heavy (non-hydrogen) atoms. The second-order valence-electron chi connectivity index (χ2n) is 4.58. The van der Waals surface area contributed by atoms with Crippen molar-refractivity contribution in [1.82, 2.24) is 4.31 Å². The summed E-state index contributed by atoms with van der Waals surface area (Å²) in [6.45, 7) is 5.01. The smallest absolute Gasteiger partial charge is 0.244 e. The molecule has 2 rings (SSSR count). The fourth-order valence-electron chi connectivity index (χ4n) is 1.97. The molecule has 0 amide bonds. The first-order chi connectivity index (χ1) is 8.82. The van der Waals surface area contributed by atoms with E-state index < -0.39 is 10.0 Å². The van der Waals surface area contributed by atoms with Gasteiger partial charge in [0.1, 0.15) is 0 Å². The van der Waals surface area contributed by atoms with Crippen LogP contribution in [0.25, 0.3) is 0 Å². The number of aryl methyl sites for hydroxylation is 1. The number of rotatable bonds is 2. The first-order valence-corrected chi connectivity index (χ1v) is 8.92. The first-order valence-electron chi connectivity index (χ1n) is 5.90. The predicted octanol–water partition coefficient (Wildman–Crippen LogP) is 2.93. The largest absolute Gasteiger partial charge is 0.376 e.